The lowest BCUT2D eigenvalue weighted by atomic mass is 10.2. The van der Waals surface area contributed by atoms with Crippen molar-refractivity contribution in [1.82, 2.24) is 15.0 Å². The third-order valence-corrected chi connectivity index (χ3v) is 3.06. The lowest BCUT2D eigenvalue weighted by Gasteiger charge is -2.09. The highest BCUT2D eigenvalue weighted by atomic mass is 19.2. The molecule has 24 heavy (non-hydrogen) atoms. The van der Waals surface area contributed by atoms with Crippen LogP contribution in [0.15, 0.2) is 0 Å². The molecule has 3 nitrogen and oxygen atoms in total. The zero-order chi connectivity index (χ0) is 17.9. The molecule has 0 radical (unpaired) electrons. The summed E-state index contributed by atoms with van der Waals surface area (Å²) in [4.78, 5) is 0. The Morgan fingerprint density at radius 2 is 0.917 bits per heavy atom. The first-order chi connectivity index (χ1) is 11.2. The molecular weight excluding hydrogens is 357 g/mol. The van der Waals surface area contributed by atoms with Gasteiger partial charge in [-0.1, -0.05) is 5.21 Å². The van der Waals surface area contributed by atoms with Crippen LogP contribution in [0.5, 0.6) is 0 Å². The number of halogens is 9. The summed E-state index contributed by atoms with van der Waals surface area (Å²) in [6.07, 6.45) is 0. The van der Waals surface area contributed by atoms with Crippen LogP contribution in [0, 0.1) is 52.4 Å². The molecular formula is C12F9N3. The molecule has 0 unspecified atom stereocenters. The van der Waals surface area contributed by atoms with E-state index in [-0.39, 0.29) is 4.68 Å². The zero-order valence-electron chi connectivity index (χ0n) is 10.7. The van der Waals surface area contributed by atoms with Gasteiger partial charge in [-0.25, -0.2) is 44.2 Å². The van der Waals surface area contributed by atoms with Crippen LogP contribution in [0.3, 0.4) is 0 Å². The maximum atomic E-state index is 13.8. The highest BCUT2D eigenvalue weighted by Crippen LogP contribution is 2.31. The molecule has 1 heterocycles. The van der Waals surface area contributed by atoms with E-state index in [0.717, 1.165) is 0 Å². The maximum absolute atomic E-state index is 13.8. The molecule has 1 aromatic heterocycles. The Labute approximate surface area is 124 Å². The van der Waals surface area contributed by atoms with E-state index in [1.54, 1.807) is 0 Å². The predicted molar refractivity (Wildman–Crippen MR) is 58.5 cm³/mol. The fourth-order valence-corrected chi connectivity index (χ4v) is 1.96. The summed E-state index contributed by atoms with van der Waals surface area (Å²) in [7, 11) is 0. The Hall–Kier alpha value is -2.79. The summed E-state index contributed by atoms with van der Waals surface area (Å²) < 4.78 is 120. The highest BCUT2D eigenvalue weighted by molar-refractivity contribution is 5.78. The second-order valence-electron chi connectivity index (χ2n) is 4.37. The average Bonchev–Trinajstić information content (AvgIpc) is 2.99. The molecule has 0 saturated heterocycles. The molecule has 0 aliphatic heterocycles. The SMILES string of the molecule is Fc1c(F)c(F)c(-n2nnc3c(F)c(F)c(F)c(F)c32)c(F)c1F. The molecule has 126 valence electrons. The van der Waals surface area contributed by atoms with Crippen molar-refractivity contribution in [3.63, 3.8) is 0 Å². The van der Waals surface area contributed by atoms with Crippen molar-refractivity contribution >= 4 is 11.0 Å². The molecule has 0 amide bonds. The van der Waals surface area contributed by atoms with Crippen LogP contribution in [0.2, 0.25) is 0 Å². The molecule has 0 saturated carbocycles. The highest BCUT2D eigenvalue weighted by Gasteiger charge is 2.32. The smallest absolute Gasteiger partial charge is 0.200 e. The van der Waals surface area contributed by atoms with Crippen molar-refractivity contribution in [2.75, 3.05) is 0 Å². The van der Waals surface area contributed by atoms with Crippen LogP contribution < -0.4 is 0 Å². The Bertz CT molecular complexity index is 982. The number of rotatable bonds is 1. The van der Waals surface area contributed by atoms with Crippen molar-refractivity contribution < 1.29 is 39.5 Å². The van der Waals surface area contributed by atoms with Gasteiger partial charge < -0.3 is 0 Å². The molecule has 0 bridgehead atoms. The minimum absolute atomic E-state index is 0.355. The van der Waals surface area contributed by atoms with Gasteiger partial charge in [-0.05, 0) is 0 Å². The number of hydrogen-bond acceptors (Lipinski definition) is 2. The quantitative estimate of drug-likeness (QED) is 0.378. The van der Waals surface area contributed by atoms with E-state index in [0.29, 0.717) is 0 Å². The lowest BCUT2D eigenvalue weighted by Crippen LogP contribution is -2.12. The molecule has 0 fully saturated rings. The third kappa shape index (κ3) is 1.88. The first-order valence-electron chi connectivity index (χ1n) is 5.77. The predicted octanol–water partition coefficient (Wildman–Crippen LogP) is 3.67. The van der Waals surface area contributed by atoms with Crippen molar-refractivity contribution in [3.05, 3.63) is 52.4 Å². The number of hydrogen-bond donors (Lipinski definition) is 0. The van der Waals surface area contributed by atoms with Crippen LogP contribution in [0.1, 0.15) is 0 Å². The zero-order valence-corrected chi connectivity index (χ0v) is 10.7. The summed E-state index contributed by atoms with van der Waals surface area (Å²) in [6, 6.07) is 0. The monoisotopic (exact) mass is 357 g/mol. The first-order valence-corrected chi connectivity index (χ1v) is 5.77. The molecule has 0 aliphatic carbocycles. The summed E-state index contributed by atoms with van der Waals surface area (Å²) in [5.41, 5.74) is -4.59. The molecule has 0 atom stereocenters. The van der Waals surface area contributed by atoms with E-state index in [2.05, 4.69) is 10.3 Å². The van der Waals surface area contributed by atoms with Gasteiger partial charge in [0.25, 0.3) is 0 Å². The van der Waals surface area contributed by atoms with E-state index in [9.17, 15) is 39.5 Å². The van der Waals surface area contributed by atoms with Gasteiger partial charge in [0.1, 0.15) is 11.2 Å². The Morgan fingerprint density at radius 1 is 0.500 bits per heavy atom. The van der Waals surface area contributed by atoms with Crippen LogP contribution in [-0.4, -0.2) is 15.0 Å². The summed E-state index contributed by atoms with van der Waals surface area (Å²) in [6.45, 7) is 0. The molecule has 0 N–H and O–H groups in total. The van der Waals surface area contributed by atoms with Crippen molar-refractivity contribution in [1.29, 1.82) is 0 Å². The van der Waals surface area contributed by atoms with Crippen LogP contribution >= 0.6 is 0 Å². The number of fused-ring (bicyclic) bond motifs is 1. The van der Waals surface area contributed by atoms with Gasteiger partial charge in [0.2, 0.25) is 5.82 Å². The Kier molecular flexibility index (Phi) is 3.42. The Balaban J connectivity index is 2.50. The fraction of sp³-hybridized carbons (Fsp3) is 0. The second-order valence-corrected chi connectivity index (χ2v) is 4.37. The number of nitrogens with zero attached hydrogens (tertiary/aromatic N) is 3. The van der Waals surface area contributed by atoms with Crippen molar-refractivity contribution in [2.24, 2.45) is 0 Å². The van der Waals surface area contributed by atoms with Gasteiger partial charge >= 0.3 is 0 Å². The van der Waals surface area contributed by atoms with Gasteiger partial charge in [0.05, 0.1) is 0 Å². The van der Waals surface area contributed by atoms with E-state index in [1.807, 2.05) is 0 Å². The van der Waals surface area contributed by atoms with E-state index in [1.165, 1.54) is 0 Å². The minimum Gasteiger partial charge on any atom is -0.203 e. The Morgan fingerprint density at radius 3 is 1.46 bits per heavy atom. The van der Waals surface area contributed by atoms with Crippen LogP contribution in [0.4, 0.5) is 39.5 Å². The van der Waals surface area contributed by atoms with Crippen LogP contribution in [-0.2, 0) is 0 Å². The standard InChI is InChI=1S/C12F9N3/c13-1-3(15)7(19)11(8(20)4(1)16)24-12-9(21)5(17)2(14)6(18)10(12)22-23-24. The summed E-state index contributed by atoms with van der Waals surface area (Å²) in [5.74, 6) is -21.1. The molecule has 3 rings (SSSR count). The molecule has 12 heteroatoms. The minimum atomic E-state index is -2.51. The van der Waals surface area contributed by atoms with Gasteiger partial charge in [0, 0.05) is 0 Å². The molecule has 2 aromatic carbocycles. The number of aromatic nitrogens is 3. The summed E-state index contributed by atoms with van der Waals surface area (Å²) in [5, 5.41) is 5.66. The molecule has 0 spiro atoms. The maximum Gasteiger partial charge on any atom is 0.200 e. The first kappa shape index (κ1) is 16.1. The summed E-state index contributed by atoms with van der Waals surface area (Å²) >= 11 is 0. The van der Waals surface area contributed by atoms with Gasteiger partial charge in [-0.3, -0.25) is 0 Å². The van der Waals surface area contributed by atoms with Gasteiger partial charge in [-0.15, -0.1) is 5.10 Å². The normalized spacial score (nSPS) is 11.5. The van der Waals surface area contributed by atoms with Gasteiger partial charge in [0.15, 0.2) is 52.1 Å². The lowest BCUT2D eigenvalue weighted by molar-refractivity contribution is 0.373. The van der Waals surface area contributed by atoms with Crippen molar-refractivity contribution in [2.45, 2.75) is 0 Å². The van der Waals surface area contributed by atoms with Crippen LogP contribution in [0.25, 0.3) is 16.7 Å². The van der Waals surface area contributed by atoms with E-state index in [4.69, 9.17) is 0 Å². The fourth-order valence-electron chi connectivity index (χ4n) is 1.96. The third-order valence-electron chi connectivity index (χ3n) is 3.06. The van der Waals surface area contributed by atoms with E-state index >= 15 is 0 Å². The second kappa shape index (κ2) is 5.11. The van der Waals surface area contributed by atoms with Crippen molar-refractivity contribution in [3.8, 4) is 5.69 Å². The number of benzene rings is 2. The largest absolute Gasteiger partial charge is 0.203 e. The topological polar surface area (TPSA) is 30.7 Å². The average molecular weight is 357 g/mol. The molecule has 3 aromatic rings. The molecule has 0 aliphatic rings. The van der Waals surface area contributed by atoms with Gasteiger partial charge in [-0.2, -0.15) is 0 Å². The van der Waals surface area contributed by atoms with E-state index < -0.39 is 69.1 Å².